The fourth-order valence-electron chi connectivity index (χ4n) is 5.21. The van der Waals surface area contributed by atoms with Crippen LogP contribution in [0.25, 0.3) is 22.3 Å². The number of H-pyrrole nitrogens is 1. The number of nitrogens with zero attached hydrogens (tertiary/aromatic N) is 5. The van der Waals surface area contributed by atoms with Gasteiger partial charge in [-0.1, -0.05) is 6.42 Å². The van der Waals surface area contributed by atoms with Gasteiger partial charge in [-0.2, -0.15) is 0 Å². The summed E-state index contributed by atoms with van der Waals surface area (Å²) in [6, 6.07) is 13.2. The van der Waals surface area contributed by atoms with Gasteiger partial charge in [0.15, 0.2) is 0 Å². The number of piperazine rings is 1. The van der Waals surface area contributed by atoms with E-state index in [-0.39, 0.29) is 12.0 Å². The first-order chi connectivity index (χ1) is 19.0. The molecule has 4 heterocycles. The first-order valence-corrected chi connectivity index (χ1v) is 13.5. The molecule has 1 amide bonds. The smallest absolute Gasteiger partial charge is 0.270 e. The third kappa shape index (κ3) is 5.71. The second-order valence-corrected chi connectivity index (χ2v) is 10.4. The topological polar surface area (TPSA) is 120 Å². The maximum absolute atomic E-state index is 13.0. The average molecular weight is 528 g/mol. The predicted octanol–water partition coefficient (Wildman–Crippen LogP) is 3.83. The number of aliphatic hydroxyl groups is 1. The second kappa shape index (κ2) is 11.0. The molecule has 1 aromatic carbocycles. The van der Waals surface area contributed by atoms with Crippen LogP contribution in [-0.2, 0) is 0 Å². The van der Waals surface area contributed by atoms with Gasteiger partial charge in [0.05, 0.1) is 17.5 Å². The highest BCUT2D eigenvalue weighted by Crippen LogP contribution is 2.27. The Kier molecular flexibility index (Phi) is 7.12. The van der Waals surface area contributed by atoms with Crippen molar-refractivity contribution in [3.63, 3.8) is 0 Å². The summed E-state index contributed by atoms with van der Waals surface area (Å²) >= 11 is 0. The minimum atomic E-state index is -0.441. The molecule has 39 heavy (non-hydrogen) atoms. The summed E-state index contributed by atoms with van der Waals surface area (Å²) in [5.74, 6) is 1.13. The van der Waals surface area contributed by atoms with Gasteiger partial charge in [0.25, 0.3) is 5.91 Å². The molecule has 10 heteroatoms. The van der Waals surface area contributed by atoms with Gasteiger partial charge in [-0.25, -0.2) is 9.97 Å². The summed E-state index contributed by atoms with van der Waals surface area (Å²) in [5.41, 5.74) is 3.63. The molecular formula is C29H33N7O3. The number of carbonyl (C=O) groups is 1. The van der Waals surface area contributed by atoms with Gasteiger partial charge in [-0.05, 0) is 62.7 Å². The summed E-state index contributed by atoms with van der Waals surface area (Å²) < 4.78 is 6.08. The van der Waals surface area contributed by atoms with Crippen molar-refractivity contribution in [2.75, 3.05) is 38.5 Å². The molecule has 1 saturated carbocycles. The highest BCUT2D eigenvalue weighted by Gasteiger charge is 2.25. The molecule has 1 saturated heterocycles. The van der Waals surface area contributed by atoms with Gasteiger partial charge >= 0.3 is 0 Å². The van der Waals surface area contributed by atoms with Crippen molar-refractivity contribution in [2.45, 2.75) is 37.9 Å². The van der Waals surface area contributed by atoms with E-state index in [0.717, 1.165) is 68.5 Å². The largest absolute Gasteiger partial charge is 0.488 e. The van der Waals surface area contributed by atoms with Gasteiger partial charge in [0, 0.05) is 61.2 Å². The molecule has 4 aromatic rings. The highest BCUT2D eigenvalue weighted by atomic mass is 16.5. The number of aromatic amines is 1. The first-order valence-electron chi connectivity index (χ1n) is 13.5. The molecule has 10 nitrogen and oxygen atoms in total. The van der Waals surface area contributed by atoms with Crippen LogP contribution in [0.15, 0.2) is 54.9 Å². The van der Waals surface area contributed by atoms with Crippen LogP contribution in [0.2, 0.25) is 0 Å². The highest BCUT2D eigenvalue weighted by molar-refractivity contribution is 5.98. The molecule has 3 aromatic heterocycles. The van der Waals surface area contributed by atoms with Crippen molar-refractivity contribution >= 4 is 28.4 Å². The first kappa shape index (κ1) is 25.3. The number of fused-ring (bicyclic) bond motifs is 1. The van der Waals surface area contributed by atoms with Crippen LogP contribution in [0.4, 0.5) is 11.6 Å². The van der Waals surface area contributed by atoms with Crippen LogP contribution in [-0.4, -0.2) is 86.2 Å². The molecule has 0 bridgehead atoms. The fourth-order valence-corrected chi connectivity index (χ4v) is 5.21. The number of ether oxygens (including phenoxy) is 1. The number of amides is 1. The summed E-state index contributed by atoms with van der Waals surface area (Å²) in [6.07, 6.45) is 6.45. The number of aromatic nitrogens is 4. The molecule has 0 spiro atoms. The van der Waals surface area contributed by atoms with E-state index in [9.17, 15) is 9.90 Å². The van der Waals surface area contributed by atoms with Crippen molar-refractivity contribution in [3.05, 3.63) is 60.6 Å². The van der Waals surface area contributed by atoms with E-state index >= 15 is 0 Å². The van der Waals surface area contributed by atoms with E-state index in [1.165, 1.54) is 0 Å². The summed E-state index contributed by atoms with van der Waals surface area (Å²) in [4.78, 5) is 33.9. The number of nitrogens with one attached hydrogen (secondary N) is 2. The Labute approximate surface area is 227 Å². The van der Waals surface area contributed by atoms with Crippen LogP contribution in [0, 0.1) is 0 Å². The molecule has 202 valence electrons. The van der Waals surface area contributed by atoms with Gasteiger partial charge < -0.3 is 29.9 Å². The number of rotatable bonds is 6. The lowest BCUT2D eigenvalue weighted by Crippen LogP contribution is -2.47. The van der Waals surface area contributed by atoms with Crippen LogP contribution >= 0.6 is 0 Å². The standard InChI is InChI=1S/C29H33N7O3/c1-35-12-14-36(15-13-35)28(38)25-17-19-16-20(6-7-22(19)33-25)32-29-31-11-9-23(34-29)24-18-21(8-10-30-24)39-27-5-3-2-4-26(27)37/h6-11,16-18,26-27,33,37H,2-5,12-15H2,1H3,(H,31,32,34)/t26-,27-/m0/s1. The van der Waals surface area contributed by atoms with Gasteiger partial charge in [0.2, 0.25) is 5.95 Å². The van der Waals surface area contributed by atoms with Crippen LogP contribution in [0.1, 0.15) is 36.2 Å². The van der Waals surface area contributed by atoms with Gasteiger partial charge in [-0.3, -0.25) is 9.78 Å². The van der Waals surface area contributed by atoms with E-state index in [1.54, 1.807) is 24.5 Å². The normalized spacial score (nSPS) is 20.2. The van der Waals surface area contributed by atoms with E-state index in [2.05, 4.69) is 37.2 Å². The summed E-state index contributed by atoms with van der Waals surface area (Å²) in [7, 11) is 2.07. The Morgan fingerprint density at radius 3 is 2.67 bits per heavy atom. The summed E-state index contributed by atoms with van der Waals surface area (Å²) in [5, 5.41) is 14.5. The average Bonchev–Trinajstić information content (AvgIpc) is 3.38. The lowest BCUT2D eigenvalue weighted by Gasteiger charge is -2.32. The number of carbonyl (C=O) groups excluding carboxylic acids is 1. The van der Waals surface area contributed by atoms with Gasteiger partial charge in [0.1, 0.15) is 17.5 Å². The van der Waals surface area contributed by atoms with Crippen molar-refractivity contribution in [1.29, 1.82) is 0 Å². The lowest BCUT2D eigenvalue weighted by molar-refractivity contribution is 0.00686. The lowest BCUT2D eigenvalue weighted by atomic mass is 9.95. The SMILES string of the molecule is CN1CCN(C(=O)c2cc3cc(Nc4nccc(-c5cc(O[C@H]6CCCC[C@@H]6O)ccn5)n4)ccc3[nH]2)CC1. The molecule has 0 unspecified atom stereocenters. The monoisotopic (exact) mass is 527 g/mol. The molecule has 3 N–H and O–H groups in total. The van der Waals surface area contributed by atoms with Crippen molar-refractivity contribution in [1.82, 2.24) is 29.7 Å². The Balaban J connectivity index is 1.16. The van der Waals surface area contributed by atoms with E-state index in [0.29, 0.717) is 28.8 Å². The molecule has 6 rings (SSSR count). The maximum Gasteiger partial charge on any atom is 0.270 e. The predicted molar refractivity (Wildman–Crippen MR) is 149 cm³/mol. The van der Waals surface area contributed by atoms with E-state index in [1.807, 2.05) is 35.2 Å². The number of pyridine rings is 1. The minimum absolute atomic E-state index is 0.0292. The Morgan fingerprint density at radius 1 is 1.00 bits per heavy atom. The zero-order chi connectivity index (χ0) is 26.8. The third-order valence-corrected chi connectivity index (χ3v) is 7.50. The number of aliphatic hydroxyl groups excluding tert-OH is 1. The Hall–Kier alpha value is -4.02. The van der Waals surface area contributed by atoms with E-state index in [4.69, 9.17) is 4.74 Å². The number of benzene rings is 1. The number of likely N-dealkylation sites (N-methyl/N-ethyl adjacent to an activating group) is 1. The minimum Gasteiger partial charge on any atom is -0.488 e. The van der Waals surface area contributed by atoms with Gasteiger partial charge in [-0.15, -0.1) is 0 Å². The molecule has 1 aliphatic heterocycles. The number of hydrogen-bond acceptors (Lipinski definition) is 8. The van der Waals surface area contributed by atoms with Crippen LogP contribution < -0.4 is 10.1 Å². The van der Waals surface area contributed by atoms with Crippen molar-refractivity contribution in [2.24, 2.45) is 0 Å². The molecule has 2 fully saturated rings. The van der Waals surface area contributed by atoms with Crippen molar-refractivity contribution < 1.29 is 14.6 Å². The number of anilines is 2. The molecular weight excluding hydrogens is 494 g/mol. The van der Waals surface area contributed by atoms with Crippen LogP contribution in [0.3, 0.4) is 0 Å². The fraction of sp³-hybridized carbons (Fsp3) is 0.379. The molecule has 2 aliphatic rings. The van der Waals surface area contributed by atoms with E-state index < -0.39 is 6.10 Å². The van der Waals surface area contributed by atoms with Crippen LogP contribution in [0.5, 0.6) is 5.75 Å². The molecule has 2 atom stereocenters. The number of hydrogen-bond donors (Lipinski definition) is 3. The zero-order valence-corrected chi connectivity index (χ0v) is 22.0. The molecule has 0 radical (unpaired) electrons. The summed E-state index contributed by atoms with van der Waals surface area (Å²) in [6.45, 7) is 3.24. The Bertz CT molecular complexity index is 1460. The molecule has 1 aliphatic carbocycles. The zero-order valence-electron chi connectivity index (χ0n) is 22.0. The second-order valence-electron chi connectivity index (χ2n) is 10.4. The quantitative estimate of drug-likeness (QED) is 0.346. The third-order valence-electron chi connectivity index (χ3n) is 7.50. The maximum atomic E-state index is 13.0. The van der Waals surface area contributed by atoms with Crippen molar-refractivity contribution in [3.8, 4) is 17.1 Å². The Morgan fingerprint density at radius 2 is 1.82 bits per heavy atom.